The number of carbonyl (C=O) groups is 2. The number of ether oxygens (including phenoxy) is 3. The minimum atomic E-state index is -0.438. The number of carbonyl (C=O) groups excluding carboxylic acids is 2. The van der Waals surface area contributed by atoms with Crippen molar-refractivity contribution in [1.82, 2.24) is 4.90 Å². The van der Waals surface area contributed by atoms with Gasteiger partial charge < -0.3 is 19.1 Å². The first-order valence-corrected chi connectivity index (χ1v) is 10.7. The second kappa shape index (κ2) is 8.09. The highest BCUT2D eigenvalue weighted by Gasteiger charge is 2.51. The van der Waals surface area contributed by atoms with Crippen molar-refractivity contribution in [1.29, 1.82) is 0 Å². The number of methoxy groups -OCH3 is 1. The molecule has 2 heterocycles. The number of nitrogens with zero attached hydrogens (tertiary/aromatic N) is 1. The van der Waals surface area contributed by atoms with Crippen molar-refractivity contribution in [2.75, 3.05) is 20.3 Å². The molecular formula is C23H29NO5. The molecule has 6 nitrogen and oxygen atoms in total. The Kier molecular flexibility index (Phi) is 5.52. The molecule has 0 radical (unpaired) electrons. The van der Waals surface area contributed by atoms with Crippen molar-refractivity contribution in [3.63, 3.8) is 0 Å². The summed E-state index contributed by atoms with van der Waals surface area (Å²) in [5, 5.41) is 0. The van der Waals surface area contributed by atoms with E-state index in [4.69, 9.17) is 14.2 Å². The van der Waals surface area contributed by atoms with Crippen molar-refractivity contribution in [2.24, 2.45) is 5.92 Å². The van der Waals surface area contributed by atoms with E-state index in [2.05, 4.69) is 0 Å². The van der Waals surface area contributed by atoms with E-state index in [-0.39, 0.29) is 29.5 Å². The van der Waals surface area contributed by atoms with E-state index in [0.29, 0.717) is 30.2 Å². The maximum atomic E-state index is 13.4. The molecule has 3 unspecified atom stereocenters. The highest BCUT2D eigenvalue weighted by Crippen LogP contribution is 2.47. The molecule has 6 heteroatoms. The van der Waals surface area contributed by atoms with Gasteiger partial charge in [0.15, 0.2) is 23.0 Å². The van der Waals surface area contributed by atoms with Gasteiger partial charge in [-0.2, -0.15) is 0 Å². The minimum Gasteiger partial charge on any atom is -0.493 e. The third kappa shape index (κ3) is 3.28. The third-order valence-electron chi connectivity index (χ3n) is 6.16. The summed E-state index contributed by atoms with van der Waals surface area (Å²) in [7, 11) is 1.60. The zero-order chi connectivity index (χ0) is 20.5. The molecule has 1 aromatic carbocycles. The molecule has 1 fully saturated rings. The Bertz CT molecular complexity index is 846. The Hall–Kier alpha value is -2.50. The minimum absolute atomic E-state index is 0.0792. The molecule has 156 valence electrons. The van der Waals surface area contributed by atoms with Crippen molar-refractivity contribution in [3.05, 3.63) is 35.1 Å². The third-order valence-corrected chi connectivity index (χ3v) is 6.16. The standard InChI is InChI=1S/C23H29NO5/c1-4-12-28-17-11-10-14(13-18(17)27-3)20-19-21(25)15-8-6-7-9-16(15)29-22(19)23(26)24(20)5-2/h10-11,13,15-16,20H,4-9,12H2,1-3H3. The summed E-state index contributed by atoms with van der Waals surface area (Å²) < 4.78 is 17.4. The average molecular weight is 399 g/mol. The Morgan fingerprint density at radius 1 is 1.14 bits per heavy atom. The molecular weight excluding hydrogens is 370 g/mol. The summed E-state index contributed by atoms with van der Waals surface area (Å²) in [5.41, 5.74) is 1.36. The summed E-state index contributed by atoms with van der Waals surface area (Å²) in [5.74, 6) is 1.29. The van der Waals surface area contributed by atoms with Crippen LogP contribution in [0.1, 0.15) is 57.6 Å². The number of hydrogen-bond donors (Lipinski definition) is 0. The lowest BCUT2D eigenvalue weighted by molar-refractivity contribution is -0.135. The second-order valence-corrected chi connectivity index (χ2v) is 7.91. The fourth-order valence-electron chi connectivity index (χ4n) is 4.75. The number of Topliss-reactive ketones (excluding diaryl/α,β-unsaturated/α-hetero) is 1. The molecule has 1 saturated carbocycles. The van der Waals surface area contributed by atoms with Crippen LogP contribution < -0.4 is 9.47 Å². The van der Waals surface area contributed by atoms with E-state index in [1.165, 1.54) is 0 Å². The summed E-state index contributed by atoms with van der Waals surface area (Å²) in [4.78, 5) is 28.2. The van der Waals surface area contributed by atoms with Crippen LogP contribution in [0.5, 0.6) is 11.5 Å². The van der Waals surface area contributed by atoms with Crippen molar-refractivity contribution < 1.29 is 23.8 Å². The van der Waals surface area contributed by atoms with Gasteiger partial charge in [0, 0.05) is 6.54 Å². The van der Waals surface area contributed by atoms with Crippen molar-refractivity contribution >= 4 is 11.7 Å². The fraction of sp³-hybridized carbons (Fsp3) is 0.565. The molecule has 1 amide bonds. The summed E-state index contributed by atoms with van der Waals surface area (Å²) in [6, 6.07) is 5.22. The zero-order valence-corrected chi connectivity index (χ0v) is 17.4. The first kappa shape index (κ1) is 19.8. The Labute approximate surface area is 171 Å². The molecule has 29 heavy (non-hydrogen) atoms. The number of fused-ring (bicyclic) bond motifs is 1. The number of likely N-dealkylation sites (N-methyl/N-ethyl adjacent to an activating group) is 1. The summed E-state index contributed by atoms with van der Waals surface area (Å²) in [6.45, 7) is 5.07. The van der Waals surface area contributed by atoms with Gasteiger partial charge in [-0.1, -0.05) is 19.4 Å². The van der Waals surface area contributed by atoms with Crippen LogP contribution in [-0.2, 0) is 14.3 Å². The molecule has 0 bridgehead atoms. The van der Waals surface area contributed by atoms with Crippen LogP contribution in [0.3, 0.4) is 0 Å². The molecule has 1 aliphatic carbocycles. The smallest absolute Gasteiger partial charge is 0.290 e. The van der Waals surface area contributed by atoms with Gasteiger partial charge in [0.25, 0.3) is 5.91 Å². The predicted molar refractivity (Wildman–Crippen MR) is 108 cm³/mol. The molecule has 0 spiro atoms. The van der Waals surface area contributed by atoms with Gasteiger partial charge in [0.2, 0.25) is 0 Å². The van der Waals surface area contributed by atoms with E-state index < -0.39 is 6.04 Å². The second-order valence-electron chi connectivity index (χ2n) is 7.91. The van der Waals surface area contributed by atoms with E-state index in [1.54, 1.807) is 12.0 Å². The number of rotatable bonds is 6. The van der Waals surface area contributed by atoms with E-state index in [0.717, 1.165) is 37.7 Å². The highest BCUT2D eigenvalue weighted by molar-refractivity contribution is 6.11. The predicted octanol–water partition coefficient (Wildman–Crippen LogP) is 3.80. The molecule has 3 atom stereocenters. The first-order chi connectivity index (χ1) is 14.1. The van der Waals surface area contributed by atoms with E-state index >= 15 is 0 Å². The maximum Gasteiger partial charge on any atom is 0.290 e. The van der Waals surface area contributed by atoms with E-state index in [1.807, 2.05) is 32.0 Å². The van der Waals surface area contributed by atoms with Gasteiger partial charge >= 0.3 is 0 Å². The molecule has 4 rings (SSSR count). The summed E-state index contributed by atoms with van der Waals surface area (Å²) in [6.07, 6.45) is 4.50. The SMILES string of the molecule is CCCOc1ccc(C2C3=C(OC4CCCCC4C3=O)C(=O)N2CC)cc1OC. The first-order valence-electron chi connectivity index (χ1n) is 10.7. The summed E-state index contributed by atoms with van der Waals surface area (Å²) >= 11 is 0. The topological polar surface area (TPSA) is 65.1 Å². The van der Waals surface area contributed by atoms with Gasteiger partial charge in [0.1, 0.15) is 6.10 Å². The van der Waals surface area contributed by atoms with Gasteiger partial charge in [-0.3, -0.25) is 9.59 Å². The Morgan fingerprint density at radius 2 is 1.93 bits per heavy atom. The Morgan fingerprint density at radius 3 is 2.66 bits per heavy atom. The van der Waals surface area contributed by atoms with Crippen LogP contribution >= 0.6 is 0 Å². The lowest BCUT2D eigenvalue weighted by atomic mass is 9.77. The molecule has 1 aromatic rings. The molecule has 2 aliphatic heterocycles. The molecule has 0 saturated heterocycles. The number of hydrogen-bond acceptors (Lipinski definition) is 5. The lowest BCUT2D eigenvalue weighted by Crippen LogP contribution is -2.39. The van der Waals surface area contributed by atoms with Gasteiger partial charge in [-0.25, -0.2) is 0 Å². The van der Waals surface area contributed by atoms with Crippen LogP contribution in [-0.4, -0.2) is 43.0 Å². The van der Waals surface area contributed by atoms with Gasteiger partial charge in [-0.15, -0.1) is 0 Å². The maximum absolute atomic E-state index is 13.4. The largest absolute Gasteiger partial charge is 0.493 e. The zero-order valence-electron chi connectivity index (χ0n) is 17.4. The molecule has 0 N–H and O–H groups in total. The van der Waals surface area contributed by atoms with Gasteiger partial charge in [0.05, 0.1) is 31.2 Å². The quantitative estimate of drug-likeness (QED) is 0.728. The lowest BCUT2D eigenvalue weighted by Gasteiger charge is -2.35. The van der Waals surface area contributed by atoms with Crippen molar-refractivity contribution in [2.45, 2.75) is 58.1 Å². The van der Waals surface area contributed by atoms with Crippen LogP contribution in [0.25, 0.3) is 0 Å². The van der Waals surface area contributed by atoms with Crippen LogP contribution in [0, 0.1) is 5.92 Å². The van der Waals surface area contributed by atoms with Crippen LogP contribution in [0.4, 0.5) is 0 Å². The fourth-order valence-corrected chi connectivity index (χ4v) is 4.75. The number of ketones is 1. The monoisotopic (exact) mass is 399 g/mol. The highest BCUT2D eigenvalue weighted by atomic mass is 16.5. The number of amides is 1. The van der Waals surface area contributed by atoms with Crippen molar-refractivity contribution in [3.8, 4) is 11.5 Å². The van der Waals surface area contributed by atoms with E-state index in [9.17, 15) is 9.59 Å². The average Bonchev–Trinajstić information content (AvgIpc) is 3.04. The Balaban J connectivity index is 1.74. The number of benzene rings is 1. The van der Waals surface area contributed by atoms with Gasteiger partial charge in [-0.05, 0) is 50.3 Å². The molecule has 3 aliphatic rings. The van der Waals surface area contributed by atoms with Crippen LogP contribution in [0.2, 0.25) is 0 Å². The van der Waals surface area contributed by atoms with Crippen LogP contribution in [0.15, 0.2) is 29.5 Å². The normalized spacial score (nSPS) is 26.2. The molecule has 0 aromatic heterocycles.